The lowest BCUT2D eigenvalue weighted by Crippen LogP contribution is -2.38. The Hall–Kier alpha value is -1.84. The topological polar surface area (TPSA) is 32.3 Å². The fourth-order valence-corrected chi connectivity index (χ4v) is 3.31. The number of carbonyl (C=O) groups excluding carboxylic acids is 1. The minimum Gasteiger partial charge on any atom is -0.347 e. The fraction of sp³-hybridized carbons (Fsp3) is 0.278. The zero-order valence-electron chi connectivity index (χ0n) is 12.5. The Bertz CT molecular complexity index is 659. The minimum atomic E-state index is -0.0660. The molecule has 1 fully saturated rings. The van der Waals surface area contributed by atoms with E-state index in [0.29, 0.717) is 10.6 Å². The van der Waals surface area contributed by atoms with Crippen LogP contribution >= 0.6 is 11.6 Å². The van der Waals surface area contributed by atoms with E-state index in [2.05, 4.69) is 29.4 Å². The van der Waals surface area contributed by atoms with Crippen molar-refractivity contribution in [2.45, 2.75) is 18.5 Å². The highest BCUT2D eigenvalue weighted by Gasteiger charge is 2.33. The van der Waals surface area contributed by atoms with E-state index in [4.69, 9.17) is 11.6 Å². The molecular formula is C18H19ClN2O. The smallest absolute Gasteiger partial charge is 0.251 e. The summed E-state index contributed by atoms with van der Waals surface area (Å²) in [7, 11) is 2.10. The number of hydrogen-bond acceptors (Lipinski definition) is 2. The number of likely N-dealkylation sites (N-methyl/N-ethyl adjacent to an activating group) is 1. The van der Waals surface area contributed by atoms with E-state index in [1.165, 1.54) is 5.56 Å². The summed E-state index contributed by atoms with van der Waals surface area (Å²) in [4.78, 5) is 14.7. The summed E-state index contributed by atoms with van der Waals surface area (Å²) in [6.07, 6.45) is 0.947. The number of likely N-dealkylation sites (tertiary alicyclic amines) is 1. The van der Waals surface area contributed by atoms with Gasteiger partial charge in [-0.2, -0.15) is 0 Å². The molecule has 0 spiro atoms. The molecule has 0 aromatic heterocycles. The van der Waals surface area contributed by atoms with Crippen molar-refractivity contribution in [2.24, 2.45) is 0 Å². The van der Waals surface area contributed by atoms with Crippen molar-refractivity contribution in [3.05, 3.63) is 70.7 Å². The van der Waals surface area contributed by atoms with Gasteiger partial charge in [-0.3, -0.25) is 9.69 Å². The van der Waals surface area contributed by atoms with E-state index < -0.39 is 0 Å². The summed E-state index contributed by atoms with van der Waals surface area (Å²) in [6, 6.07) is 17.7. The van der Waals surface area contributed by atoms with Crippen LogP contribution in [0.25, 0.3) is 0 Å². The van der Waals surface area contributed by atoms with E-state index in [9.17, 15) is 4.79 Å². The largest absolute Gasteiger partial charge is 0.347 e. The van der Waals surface area contributed by atoms with Gasteiger partial charge in [0.1, 0.15) is 0 Å². The highest BCUT2D eigenvalue weighted by atomic mass is 35.5. The lowest BCUT2D eigenvalue weighted by molar-refractivity contribution is 0.0927. The quantitative estimate of drug-likeness (QED) is 0.940. The van der Waals surface area contributed by atoms with Crippen LogP contribution in [-0.4, -0.2) is 30.4 Å². The molecule has 2 atom stereocenters. The molecule has 0 aliphatic carbocycles. The van der Waals surface area contributed by atoms with Crippen LogP contribution < -0.4 is 5.32 Å². The minimum absolute atomic E-state index is 0.0660. The van der Waals surface area contributed by atoms with Crippen molar-refractivity contribution < 1.29 is 4.79 Å². The highest BCUT2D eigenvalue weighted by molar-refractivity contribution is 6.30. The zero-order chi connectivity index (χ0) is 15.5. The Morgan fingerprint density at radius 1 is 1.18 bits per heavy atom. The van der Waals surface area contributed by atoms with Gasteiger partial charge >= 0.3 is 0 Å². The molecule has 0 radical (unpaired) electrons. The van der Waals surface area contributed by atoms with Gasteiger partial charge in [-0.15, -0.1) is 0 Å². The van der Waals surface area contributed by atoms with Gasteiger partial charge in [-0.1, -0.05) is 48.0 Å². The molecule has 22 heavy (non-hydrogen) atoms. The SMILES string of the molecule is CN1CC[C@H](NC(=O)c2cccc(Cl)c2)[C@H]1c1ccccc1. The van der Waals surface area contributed by atoms with E-state index in [-0.39, 0.29) is 18.0 Å². The van der Waals surface area contributed by atoms with Crippen molar-refractivity contribution in [1.82, 2.24) is 10.2 Å². The van der Waals surface area contributed by atoms with Crippen LogP contribution in [0.1, 0.15) is 28.4 Å². The lowest BCUT2D eigenvalue weighted by atomic mass is 10.00. The number of nitrogens with zero attached hydrogens (tertiary/aromatic N) is 1. The molecule has 1 saturated heterocycles. The first-order valence-electron chi connectivity index (χ1n) is 7.47. The maximum atomic E-state index is 12.4. The average Bonchev–Trinajstić information content (AvgIpc) is 2.89. The summed E-state index contributed by atoms with van der Waals surface area (Å²) in [5.41, 5.74) is 1.84. The predicted octanol–water partition coefficient (Wildman–Crippen LogP) is 3.52. The highest BCUT2D eigenvalue weighted by Crippen LogP contribution is 2.31. The van der Waals surface area contributed by atoms with Crippen LogP contribution in [0.15, 0.2) is 54.6 Å². The number of rotatable bonds is 3. The van der Waals surface area contributed by atoms with Gasteiger partial charge in [0.15, 0.2) is 0 Å². The maximum Gasteiger partial charge on any atom is 0.251 e. The van der Waals surface area contributed by atoms with Crippen LogP contribution in [0, 0.1) is 0 Å². The summed E-state index contributed by atoms with van der Waals surface area (Å²) in [6.45, 7) is 0.972. The number of hydrogen-bond donors (Lipinski definition) is 1. The van der Waals surface area contributed by atoms with Crippen molar-refractivity contribution in [2.75, 3.05) is 13.6 Å². The standard InChI is InChI=1S/C18H19ClN2O/c1-21-11-10-16(17(21)13-6-3-2-4-7-13)20-18(22)14-8-5-9-15(19)12-14/h2-9,12,16-17H,10-11H2,1H3,(H,20,22)/t16-,17+/m0/s1. The van der Waals surface area contributed by atoms with Crippen LogP contribution in [0.3, 0.4) is 0 Å². The monoisotopic (exact) mass is 314 g/mol. The third-order valence-electron chi connectivity index (χ3n) is 4.19. The van der Waals surface area contributed by atoms with Crippen molar-refractivity contribution in [3.63, 3.8) is 0 Å². The second-order valence-electron chi connectivity index (χ2n) is 5.72. The average molecular weight is 315 g/mol. The van der Waals surface area contributed by atoms with Crippen molar-refractivity contribution in [1.29, 1.82) is 0 Å². The van der Waals surface area contributed by atoms with E-state index in [1.807, 2.05) is 18.2 Å². The molecule has 1 aliphatic rings. The summed E-state index contributed by atoms with van der Waals surface area (Å²) >= 11 is 5.97. The number of carbonyl (C=O) groups is 1. The molecule has 2 aromatic carbocycles. The summed E-state index contributed by atoms with van der Waals surface area (Å²) in [5.74, 6) is -0.0660. The van der Waals surface area contributed by atoms with Gasteiger partial charge in [-0.05, 0) is 37.2 Å². The van der Waals surface area contributed by atoms with E-state index in [1.54, 1.807) is 24.3 Å². The van der Waals surface area contributed by atoms with Crippen LogP contribution in [0.5, 0.6) is 0 Å². The molecule has 1 heterocycles. The first kappa shape index (κ1) is 15.1. The molecule has 114 valence electrons. The first-order chi connectivity index (χ1) is 10.6. The third kappa shape index (κ3) is 3.16. The van der Waals surface area contributed by atoms with Crippen LogP contribution in [0.2, 0.25) is 5.02 Å². The first-order valence-corrected chi connectivity index (χ1v) is 7.84. The normalized spacial score (nSPS) is 21.7. The second kappa shape index (κ2) is 6.51. The molecule has 2 aromatic rings. The molecule has 3 rings (SSSR count). The molecule has 3 nitrogen and oxygen atoms in total. The molecule has 1 N–H and O–H groups in total. The van der Waals surface area contributed by atoms with Crippen LogP contribution in [-0.2, 0) is 0 Å². The van der Waals surface area contributed by atoms with Gasteiger partial charge in [0.25, 0.3) is 5.91 Å². The van der Waals surface area contributed by atoms with Gasteiger partial charge in [-0.25, -0.2) is 0 Å². The molecule has 1 aliphatic heterocycles. The van der Waals surface area contributed by atoms with E-state index in [0.717, 1.165) is 13.0 Å². The Balaban J connectivity index is 1.78. The van der Waals surface area contributed by atoms with Gasteiger partial charge < -0.3 is 5.32 Å². The van der Waals surface area contributed by atoms with E-state index >= 15 is 0 Å². The molecule has 0 bridgehead atoms. The summed E-state index contributed by atoms with van der Waals surface area (Å²) < 4.78 is 0. The van der Waals surface area contributed by atoms with Crippen molar-refractivity contribution >= 4 is 17.5 Å². The fourth-order valence-electron chi connectivity index (χ4n) is 3.12. The maximum absolute atomic E-state index is 12.4. The number of halogens is 1. The lowest BCUT2D eigenvalue weighted by Gasteiger charge is -2.26. The third-order valence-corrected chi connectivity index (χ3v) is 4.43. The molecular weight excluding hydrogens is 296 g/mol. The van der Waals surface area contributed by atoms with Crippen LogP contribution in [0.4, 0.5) is 0 Å². The van der Waals surface area contributed by atoms with Gasteiger partial charge in [0.05, 0.1) is 12.1 Å². The Morgan fingerprint density at radius 3 is 2.68 bits per heavy atom. The van der Waals surface area contributed by atoms with Gasteiger partial charge in [0, 0.05) is 17.1 Å². The molecule has 0 unspecified atom stereocenters. The summed E-state index contributed by atoms with van der Waals surface area (Å²) in [5, 5.41) is 3.74. The molecule has 4 heteroatoms. The number of benzene rings is 2. The second-order valence-corrected chi connectivity index (χ2v) is 6.15. The molecule has 0 saturated carbocycles. The number of amides is 1. The number of nitrogens with one attached hydrogen (secondary N) is 1. The predicted molar refractivity (Wildman–Crippen MR) is 89.1 cm³/mol. The van der Waals surface area contributed by atoms with Gasteiger partial charge in [0.2, 0.25) is 0 Å². The Kier molecular flexibility index (Phi) is 4.46. The van der Waals surface area contributed by atoms with Crippen molar-refractivity contribution in [3.8, 4) is 0 Å². The Labute approximate surface area is 135 Å². The zero-order valence-corrected chi connectivity index (χ0v) is 13.3. The molecule has 1 amide bonds. The Morgan fingerprint density at radius 2 is 1.95 bits per heavy atom.